The van der Waals surface area contributed by atoms with Crippen LogP contribution in [0.15, 0.2) is 42.5 Å². The Kier molecular flexibility index (Phi) is 6.79. The van der Waals surface area contributed by atoms with Gasteiger partial charge in [0, 0.05) is 32.7 Å². The number of rotatable bonds is 8. The number of ether oxygens (including phenoxy) is 2. The van der Waals surface area contributed by atoms with Gasteiger partial charge in [-0.15, -0.1) is 11.3 Å². The Morgan fingerprint density at radius 3 is 2.44 bits per heavy atom. The number of aromatic nitrogens is 1. The van der Waals surface area contributed by atoms with Crippen LogP contribution in [0, 0.1) is 0 Å². The number of benzene rings is 1. The molecule has 0 N–H and O–H groups in total. The molecular formula is C20H21ClN2O3S. The molecule has 2 heterocycles. The van der Waals surface area contributed by atoms with Gasteiger partial charge in [-0.25, -0.2) is 4.98 Å². The van der Waals surface area contributed by atoms with Crippen molar-refractivity contribution in [1.29, 1.82) is 0 Å². The Bertz CT molecular complexity index is 920. The molecule has 0 fully saturated rings. The van der Waals surface area contributed by atoms with Gasteiger partial charge in [-0.1, -0.05) is 29.8 Å². The van der Waals surface area contributed by atoms with Gasteiger partial charge in [0.25, 0.3) is 5.91 Å². The average molecular weight is 405 g/mol. The molecule has 0 aliphatic heterocycles. The number of nitrogens with zero attached hydrogens (tertiary/aromatic N) is 2. The third kappa shape index (κ3) is 4.65. The smallest absolute Gasteiger partial charge is 0.254 e. The fraction of sp³-hybridized carbons (Fsp3) is 0.300. The molecule has 0 aliphatic rings. The monoisotopic (exact) mass is 404 g/mol. The minimum atomic E-state index is -0.0633. The van der Waals surface area contributed by atoms with Gasteiger partial charge in [0.2, 0.25) is 0 Å². The van der Waals surface area contributed by atoms with Crippen LogP contribution in [-0.4, -0.2) is 56.3 Å². The van der Waals surface area contributed by atoms with E-state index in [1.165, 1.54) is 11.3 Å². The Morgan fingerprint density at radius 2 is 1.81 bits per heavy atom. The van der Waals surface area contributed by atoms with E-state index in [4.69, 9.17) is 26.1 Å². The van der Waals surface area contributed by atoms with Crippen molar-refractivity contribution in [3.8, 4) is 10.6 Å². The van der Waals surface area contributed by atoms with Gasteiger partial charge in [-0.3, -0.25) is 4.79 Å². The molecule has 27 heavy (non-hydrogen) atoms. The summed E-state index contributed by atoms with van der Waals surface area (Å²) in [5.74, 6) is -0.0633. The van der Waals surface area contributed by atoms with E-state index in [9.17, 15) is 4.79 Å². The summed E-state index contributed by atoms with van der Waals surface area (Å²) in [6.07, 6.45) is 0. The van der Waals surface area contributed by atoms with E-state index in [0.29, 0.717) is 36.2 Å². The fourth-order valence-corrected chi connectivity index (χ4v) is 3.82. The van der Waals surface area contributed by atoms with E-state index < -0.39 is 0 Å². The normalized spacial score (nSPS) is 11.1. The first kappa shape index (κ1) is 19.8. The van der Waals surface area contributed by atoms with Gasteiger partial charge in [0.15, 0.2) is 0 Å². The maximum Gasteiger partial charge on any atom is 0.254 e. The van der Waals surface area contributed by atoms with Gasteiger partial charge in [0.1, 0.15) is 0 Å². The van der Waals surface area contributed by atoms with Gasteiger partial charge in [-0.05, 0) is 24.3 Å². The van der Waals surface area contributed by atoms with Crippen molar-refractivity contribution < 1.29 is 14.3 Å². The van der Waals surface area contributed by atoms with Crippen LogP contribution in [0.5, 0.6) is 0 Å². The molecule has 3 rings (SSSR count). The summed E-state index contributed by atoms with van der Waals surface area (Å²) in [6, 6.07) is 13.3. The van der Waals surface area contributed by atoms with Gasteiger partial charge >= 0.3 is 0 Å². The Balaban J connectivity index is 2.06. The number of methoxy groups -OCH3 is 2. The van der Waals surface area contributed by atoms with Crippen LogP contribution in [0.4, 0.5) is 0 Å². The second kappa shape index (κ2) is 9.28. The summed E-state index contributed by atoms with van der Waals surface area (Å²) in [5, 5.41) is 0.828. The molecular weight excluding hydrogens is 384 g/mol. The van der Waals surface area contributed by atoms with E-state index in [-0.39, 0.29) is 5.91 Å². The first-order valence-corrected chi connectivity index (χ1v) is 9.76. The SMILES string of the molecule is COCCN(CCOC)C(=O)c1cc(-c2ccc(Cl)s2)nc2ccccc12. The largest absolute Gasteiger partial charge is 0.383 e. The number of hydrogen-bond donors (Lipinski definition) is 0. The van der Waals surface area contributed by atoms with Crippen LogP contribution in [0.2, 0.25) is 4.34 Å². The molecule has 7 heteroatoms. The van der Waals surface area contributed by atoms with Crippen LogP contribution < -0.4 is 0 Å². The minimum Gasteiger partial charge on any atom is -0.383 e. The maximum atomic E-state index is 13.3. The minimum absolute atomic E-state index is 0.0633. The summed E-state index contributed by atoms with van der Waals surface area (Å²) in [6.45, 7) is 1.92. The molecule has 0 saturated carbocycles. The van der Waals surface area contributed by atoms with Gasteiger partial charge in [0.05, 0.1) is 39.2 Å². The predicted molar refractivity (Wildman–Crippen MR) is 110 cm³/mol. The summed E-state index contributed by atoms with van der Waals surface area (Å²) < 4.78 is 11.0. The summed E-state index contributed by atoms with van der Waals surface area (Å²) >= 11 is 7.53. The van der Waals surface area contributed by atoms with Crippen molar-refractivity contribution >= 4 is 39.7 Å². The summed E-state index contributed by atoms with van der Waals surface area (Å²) in [4.78, 5) is 20.7. The third-order valence-electron chi connectivity index (χ3n) is 4.19. The number of pyridine rings is 1. The zero-order chi connectivity index (χ0) is 19.2. The first-order chi connectivity index (χ1) is 13.1. The number of hydrogen-bond acceptors (Lipinski definition) is 5. The lowest BCUT2D eigenvalue weighted by Gasteiger charge is -2.23. The highest BCUT2D eigenvalue weighted by Gasteiger charge is 2.20. The molecule has 0 atom stereocenters. The maximum absolute atomic E-state index is 13.3. The third-order valence-corrected chi connectivity index (χ3v) is 5.44. The van der Waals surface area contributed by atoms with E-state index in [1.54, 1.807) is 19.1 Å². The Morgan fingerprint density at radius 1 is 1.11 bits per heavy atom. The highest BCUT2D eigenvalue weighted by Crippen LogP contribution is 2.32. The number of para-hydroxylation sites is 1. The quantitative estimate of drug-likeness (QED) is 0.560. The number of amides is 1. The van der Waals surface area contributed by atoms with Crippen LogP contribution >= 0.6 is 22.9 Å². The molecule has 0 radical (unpaired) electrons. The molecule has 5 nitrogen and oxygen atoms in total. The predicted octanol–water partition coefficient (Wildman–Crippen LogP) is 4.35. The molecule has 0 saturated heterocycles. The number of carbonyl (C=O) groups excluding carboxylic acids is 1. The van der Waals surface area contributed by atoms with Gasteiger partial charge in [-0.2, -0.15) is 0 Å². The molecule has 1 amide bonds. The zero-order valence-electron chi connectivity index (χ0n) is 15.3. The van der Waals surface area contributed by atoms with E-state index in [1.807, 2.05) is 42.5 Å². The molecule has 0 unspecified atom stereocenters. The molecule has 2 aromatic heterocycles. The number of carbonyl (C=O) groups is 1. The van der Waals surface area contributed by atoms with Crippen molar-refractivity contribution in [3.05, 3.63) is 52.4 Å². The number of thiophene rings is 1. The van der Waals surface area contributed by atoms with E-state index in [2.05, 4.69) is 0 Å². The van der Waals surface area contributed by atoms with Crippen molar-refractivity contribution in [1.82, 2.24) is 9.88 Å². The fourth-order valence-electron chi connectivity index (χ4n) is 2.82. The van der Waals surface area contributed by atoms with Crippen molar-refractivity contribution in [2.75, 3.05) is 40.5 Å². The number of halogens is 1. The van der Waals surface area contributed by atoms with E-state index >= 15 is 0 Å². The highest BCUT2D eigenvalue weighted by atomic mass is 35.5. The van der Waals surface area contributed by atoms with Crippen LogP contribution in [0.1, 0.15) is 10.4 Å². The Labute approximate surface area is 167 Å². The van der Waals surface area contributed by atoms with Crippen molar-refractivity contribution in [2.45, 2.75) is 0 Å². The standard InChI is InChI=1S/C20H21ClN2O3S/c1-25-11-9-23(10-12-26-2)20(24)15-13-17(18-7-8-19(21)27-18)22-16-6-4-3-5-14(15)16/h3-8,13H,9-12H2,1-2H3. The molecule has 0 spiro atoms. The highest BCUT2D eigenvalue weighted by molar-refractivity contribution is 7.19. The number of fused-ring (bicyclic) bond motifs is 1. The molecule has 0 bridgehead atoms. The lowest BCUT2D eigenvalue weighted by atomic mass is 10.1. The van der Waals surface area contributed by atoms with Crippen molar-refractivity contribution in [3.63, 3.8) is 0 Å². The van der Waals surface area contributed by atoms with Crippen LogP contribution in [0.25, 0.3) is 21.5 Å². The molecule has 3 aromatic rings. The molecule has 1 aromatic carbocycles. The molecule has 142 valence electrons. The summed E-state index contributed by atoms with van der Waals surface area (Å²) in [7, 11) is 3.25. The lowest BCUT2D eigenvalue weighted by molar-refractivity contribution is 0.0629. The van der Waals surface area contributed by atoms with Crippen LogP contribution in [-0.2, 0) is 9.47 Å². The topological polar surface area (TPSA) is 51.7 Å². The van der Waals surface area contributed by atoms with Gasteiger partial charge < -0.3 is 14.4 Å². The van der Waals surface area contributed by atoms with Crippen LogP contribution in [0.3, 0.4) is 0 Å². The average Bonchev–Trinajstić information content (AvgIpc) is 3.13. The molecule has 0 aliphatic carbocycles. The first-order valence-electron chi connectivity index (χ1n) is 8.56. The Hall–Kier alpha value is -1.99. The second-order valence-corrected chi connectivity index (χ2v) is 7.67. The summed E-state index contributed by atoms with van der Waals surface area (Å²) in [5.41, 5.74) is 2.14. The second-order valence-electron chi connectivity index (χ2n) is 5.95. The zero-order valence-corrected chi connectivity index (χ0v) is 16.8. The van der Waals surface area contributed by atoms with E-state index in [0.717, 1.165) is 21.5 Å². The van der Waals surface area contributed by atoms with Crippen molar-refractivity contribution in [2.24, 2.45) is 0 Å². The lowest BCUT2D eigenvalue weighted by Crippen LogP contribution is -2.36.